The first-order valence-corrected chi connectivity index (χ1v) is 21.0. The van der Waals surface area contributed by atoms with Gasteiger partial charge < -0.3 is 11.5 Å². The smallest absolute Gasteiger partial charge is 0.0594 e. The molecule has 0 bridgehead atoms. The molecule has 0 saturated heterocycles. The van der Waals surface area contributed by atoms with Crippen molar-refractivity contribution in [3.63, 3.8) is 0 Å². The van der Waals surface area contributed by atoms with Crippen molar-refractivity contribution in [1.29, 1.82) is 0 Å². The normalized spacial score (nSPS) is 20.4. The summed E-state index contributed by atoms with van der Waals surface area (Å²) in [6.07, 6.45) is 21.6. The highest BCUT2D eigenvalue weighted by Crippen LogP contribution is 2.42. The van der Waals surface area contributed by atoms with Crippen molar-refractivity contribution in [3.8, 4) is 0 Å². The van der Waals surface area contributed by atoms with Gasteiger partial charge >= 0.3 is 0 Å². The van der Waals surface area contributed by atoms with Crippen molar-refractivity contribution in [2.45, 2.75) is 82.4 Å². The van der Waals surface area contributed by atoms with Crippen LogP contribution in [0.1, 0.15) is 86.8 Å². The average molecular weight is 627 g/mol. The first-order chi connectivity index (χ1) is 23.3. The van der Waals surface area contributed by atoms with Crippen LogP contribution in [0.3, 0.4) is 0 Å². The zero-order chi connectivity index (χ0) is 35.8. The Labute approximate surface area is 316 Å². The number of hydrogen-bond donors (Lipinski definition) is 2. The van der Waals surface area contributed by atoms with Gasteiger partial charge in [0.1, 0.15) is 0 Å². The van der Waals surface area contributed by atoms with Crippen LogP contribution in [0.25, 0.3) is 0 Å². The van der Waals surface area contributed by atoms with Crippen LogP contribution in [-0.4, -0.2) is 142 Å². The van der Waals surface area contributed by atoms with Crippen LogP contribution < -0.4 is 11.5 Å². The Kier molecular flexibility index (Phi) is 16.3. The molecule has 0 aliphatic heterocycles. The largest absolute Gasteiger partial charge is 0.399 e. The van der Waals surface area contributed by atoms with Gasteiger partial charge in [0.15, 0.2) is 0 Å². The van der Waals surface area contributed by atoms with Crippen molar-refractivity contribution < 1.29 is 0 Å². The van der Waals surface area contributed by atoms with E-state index in [1.165, 1.54) is 88.0 Å². The van der Waals surface area contributed by atoms with Gasteiger partial charge in [-0.25, -0.2) is 0 Å². The zero-order valence-electron chi connectivity index (χ0n) is 33.7. The zero-order valence-corrected chi connectivity index (χ0v) is 33.7. The Morgan fingerprint density at radius 1 is 0.571 bits per heavy atom. The van der Waals surface area contributed by atoms with Crippen molar-refractivity contribution in [2.24, 2.45) is 11.8 Å². The van der Waals surface area contributed by atoms with Crippen molar-refractivity contribution in [1.82, 2.24) is 0 Å². The maximum atomic E-state index is 6.02. The molecule has 236 valence electrons. The van der Waals surface area contributed by atoms with E-state index in [1.54, 1.807) is 0 Å². The Bertz CT molecular complexity index is 1240. The van der Waals surface area contributed by atoms with Crippen LogP contribution in [0.4, 0.5) is 11.4 Å². The van der Waals surface area contributed by atoms with Gasteiger partial charge in [-0.3, -0.25) is 0 Å². The highest BCUT2D eigenvalue weighted by molar-refractivity contribution is 8.15. The molecule has 49 heavy (non-hydrogen) atoms. The third-order valence-corrected chi connectivity index (χ3v) is 13.9. The minimum absolute atomic E-state index is 0.731. The van der Waals surface area contributed by atoms with Gasteiger partial charge in [0.2, 0.25) is 0 Å². The second kappa shape index (κ2) is 19.4. The summed E-state index contributed by atoms with van der Waals surface area (Å²) in [4.78, 5) is 0. The maximum absolute atomic E-state index is 6.02. The number of nitrogen functional groups attached to an aromatic ring is 2. The molecule has 4 N–H and O–H groups in total. The highest BCUT2D eigenvalue weighted by atomic mass is 14.6. The van der Waals surface area contributed by atoms with Gasteiger partial charge in [0.05, 0.1) is 77.4 Å². The summed E-state index contributed by atoms with van der Waals surface area (Å²) >= 11 is 0. The summed E-state index contributed by atoms with van der Waals surface area (Å²) in [6, 6.07) is 15.3. The van der Waals surface area contributed by atoms with Crippen molar-refractivity contribution >= 4 is 153 Å². The molecule has 2 aliphatic carbocycles. The minimum Gasteiger partial charge on any atom is -0.399 e. The molecule has 22 heteroatoms. The summed E-state index contributed by atoms with van der Waals surface area (Å²) < 4.78 is 0. The number of hydrogen-bond acceptors (Lipinski definition) is 2. The Morgan fingerprint density at radius 2 is 1.04 bits per heavy atom. The lowest BCUT2D eigenvalue weighted by atomic mass is 8.41. The summed E-state index contributed by atoms with van der Waals surface area (Å²) in [5.41, 5.74) is 17.6. The van der Waals surface area contributed by atoms with Gasteiger partial charge in [-0.15, -0.1) is 0 Å². The molecule has 2 nitrogen and oxygen atoms in total. The van der Waals surface area contributed by atoms with E-state index in [0.29, 0.717) is 0 Å². The Morgan fingerprint density at radius 3 is 1.49 bits per heavy atom. The van der Waals surface area contributed by atoms with Gasteiger partial charge in [0.25, 0.3) is 0 Å². The fourth-order valence-electron chi connectivity index (χ4n) is 11.6. The van der Waals surface area contributed by atoms with E-state index in [2.05, 4.69) is 102 Å². The summed E-state index contributed by atoms with van der Waals surface area (Å²) in [6.45, 7) is 0.867. The second-order valence-electron chi connectivity index (χ2n) is 18.7. The van der Waals surface area contributed by atoms with E-state index >= 15 is 0 Å². The van der Waals surface area contributed by atoms with Crippen LogP contribution in [-0.2, 0) is 6.42 Å². The molecule has 0 radical (unpaired) electrons. The molecule has 0 unspecified atom stereocenters. The Balaban J connectivity index is 1.30. The molecule has 4 rings (SSSR count). The maximum Gasteiger partial charge on any atom is 0.0594 e. The number of nitrogens with two attached hydrogens (primary N) is 2. The van der Waals surface area contributed by atoms with Crippen LogP contribution in [0, 0.1) is 11.8 Å². The predicted molar refractivity (Wildman–Crippen MR) is 269 cm³/mol. The number of rotatable bonds is 16. The van der Waals surface area contributed by atoms with Gasteiger partial charge in [-0.05, 0) is 84.7 Å². The molecule has 2 aromatic rings. The fourth-order valence-corrected chi connectivity index (χ4v) is 11.6. The quantitative estimate of drug-likeness (QED) is 0.144. The number of anilines is 2. The third-order valence-electron chi connectivity index (χ3n) is 13.9. The van der Waals surface area contributed by atoms with Gasteiger partial charge in [-0.1, -0.05) is 68.6 Å². The van der Waals surface area contributed by atoms with E-state index in [4.69, 9.17) is 11.5 Å². The number of benzene rings is 2. The molecule has 2 fully saturated rings. The van der Waals surface area contributed by atoms with E-state index in [9.17, 15) is 0 Å². The molecular formula is C27H58B20N2. The lowest BCUT2D eigenvalue weighted by Crippen LogP contribution is -2.80. The summed E-state index contributed by atoms with van der Waals surface area (Å²) in [7, 11) is 26.7. The standard InChI is InChI=1S/C27H58B20N2/c28-38-44(37)46(47(42(33)34)43(35)36)39(45(40(29)30)41(31)32)25-13-7-20(8-14-25)2-1-19-3-9-23(10-4-19)24-11-5-21(6-12-24)15-22-16-26(48)18-27(49)17-22/h5-6,11-12,16-20,23,25,38H,1-4,7-10,13-15,28-37,48-49H2. The molecule has 0 amide bonds. The summed E-state index contributed by atoms with van der Waals surface area (Å²) in [5, 5.41) is 0. The predicted octanol–water partition coefficient (Wildman–Crippen LogP) is -6.21. The van der Waals surface area contributed by atoms with Crippen molar-refractivity contribution in [2.75, 3.05) is 11.5 Å². The van der Waals surface area contributed by atoms with Gasteiger partial charge in [-0.2, -0.15) is 0 Å². The lowest BCUT2D eigenvalue weighted by Gasteiger charge is -2.47. The van der Waals surface area contributed by atoms with Crippen molar-refractivity contribution in [3.05, 3.63) is 59.2 Å². The molecule has 0 aromatic heterocycles. The third kappa shape index (κ3) is 11.4. The first-order valence-electron chi connectivity index (χ1n) is 21.0. The minimum atomic E-state index is 0.731. The Hall–Kier alpha value is -0.661. The topological polar surface area (TPSA) is 52.0 Å². The monoisotopic (exact) mass is 631 g/mol. The molecule has 2 aromatic carbocycles. The molecule has 2 aliphatic rings. The van der Waals surface area contributed by atoms with Crippen LogP contribution in [0.2, 0.25) is 5.82 Å². The van der Waals surface area contributed by atoms with E-state index in [1.807, 2.05) is 18.2 Å². The summed E-state index contributed by atoms with van der Waals surface area (Å²) in [5.74, 6) is 3.54. The molecule has 0 atom stereocenters. The second-order valence-corrected chi connectivity index (χ2v) is 18.7. The highest BCUT2D eigenvalue weighted by Gasteiger charge is 2.50. The average Bonchev–Trinajstić information content (AvgIpc) is 3.04. The first kappa shape index (κ1) is 41.1. The van der Waals surface area contributed by atoms with Crippen LogP contribution in [0.15, 0.2) is 42.5 Å². The fraction of sp³-hybridized carbons (Fsp3) is 0.556. The van der Waals surface area contributed by atoms with E-state index < -0.39 is 0 Å². The molecular weight excluding hydrogens is 569 g/mol. The van der Waals surface area contributed by atoms with Crippen LogP contribution >= 0.6 is 0 Å². The molecule has 2 saturated carbocycles. The SMILES string of the molecule is BBB(B)B(B(B(B)B)B(B)B)B(B(B(B)B)B(B)B)C1CCC(CCC2CCC(c3ccc(Cc4cc(N)cc(N)c4)cc3)CC2)CC1. The van der Waals surface area contributed by atoms with Gasteiger partial charge in [0, 0.05) is 76.0 Å². The lowest BCUT2D eigenvalue weighted by molar-refractivity contribution is 0.261. The molecule has 0 heterocycles. The molecule has 0 spiro atoms. The van der Waals surface area contributed by atoms with Crippen LogP contribution in [0.5, 0.6) is 0 Å². The van der Waals surface area contributed by atoms with E-state index in [0.717, 1.165) is 98.9 Å². The van der Waals surface area contributed by atoms with E-state index in [-0.39, 0.29) is 0 Å².